The molecule has 1 aromatic rings. The van der Waals surface area contributed by atoms with Crippen LogP contribution in [-0.4, -0.2) is 31.9 Å². The molecule has 0 fully saturated rings. The minimum Gasteiger partial charge on any atom is -0.465 e. The second-order valence-electron chi connectivity index (χ2n) is 3.50. The minimum atomic E-state index is -3.66. The van der Waals surface area contributed by atoms with Crippen LogP contribution in [-0.2, 0) is 9.84 Å². The number of rotatable bonds is 5. The number of amides is 1. The highest BCUT2D eigenvalue weighted by Crippen LogP contribution is 2.13. The lowest BCUT2D eigenvalue weighted by Gasteiger charge is -2.07. The monoisotopic (exact) mass is 273 g/mol. The molecule has 1 rings (SSSR count). The summed E-state index contributed by atoms with van der Waals surface area (Å²) in [7, 11) is -3.66. The molecule has 0 bridgehead atoms. The molecular formula is C11H12FNO4S. The van der Waals surface area contributed by atoms with Gasteiger partial charge in [-0.05, 0) is 17.7 Å². The van der Waals surface area contributed by atoms with Gasteiger partial charge in [0.15, 0.2) is 9.84 Å². The van der Waals surface area contributed by atoms with Gasteiger partial charge in [0.05, 0.1) is 17.0 Å². The standard InChI is InChI=1S/C11H12FNO4S/c12-6-9(7-13-11(14)15)8-18(16,17)10-4-2-1-3-5-10/h1-6,13H,7-8H2,(H,14,15). The van der Waals surface area contributed by atoms with E-state index in [1.807, 2.05) is 5.32 Å². The maximum Gasteiger partial charge on any atom is 0.404 e. The molecule has 1 aromatic carbocycles. The molecule has 1 amide bonds. The Labute approximate surface area is 104 Å². The van der Waals surface area contributed by atoms with E-state index in [-0.39, 0.29) is 23.3 Å². The molecule has 0 unspecified atom stereocenters. The molecule has 0 aliphatic heterocycles. The average Bonchev–Trinajstić information content (AvgIpc) is 2.35. The highest BCUT2D eigenvalue weighted by molar-refractivity contribution is 7.91. The fourth-order valence-corrected chi connectivity index (χ4v) is 2.66. The largest absolute Gasteiger partial charge is 0.465 e. The molecule has 18 heavy (non-hydrogen) atoms. The van der Waals surface area contributed by atoms with Crippen LogP contribution < -0.4 is 5.32 Å². The topological polar surface area (TPSA) is 83.5 Å². The number of carbonyl (C=O) groups is 1. The normalized spacial score (nSPS) is 12.2. The fraction of sp³-hybridized carbons (Fsp3) is 0.182. The van der Waals surface area contributed by atoms with Crippen molar-refractivity contribution in [2.24, 2.45) is 0 Å². The van der Waals surface area contributed by atoms with Crippen molar-refractivity contribution in [2.45, 2.75) is 4.90 Å². The lowest BCUT2D eigenvalue weighted by molar-refractivity contribution is 0.195. The lowest BCUT2D eigenvalue weighted by atomic mass is 10.3. The summed E-state index contributed by atoms with van der Waals surface area (Å²) in [5, 5.41) is 10.3. The lowest BCUT2D eigenvalue weighted by Crippen LogP contribution is -2.25. The Morgan fingerprint density at radius 3 is 2.44 bits per heavy atom. The van der Waals surface area contributed by atoms with Gasteiger partial charge in [-0.3, -0.25) is 0 Å². The van der Waals surface area contributed by atoms with Gasteiger partial charge in [-0.1, -0.05) is 18.2 Å². The van der Waals surface area contributed by atoms with E-state index in [2.05, 4.69) is 0 Å². The molecule has 0 aliphatic carbocycles. The van der Waals surface area contributed by atoms with Crippen LogP contribution in [0.2, 0.25) is 0 Å². The summed E-state index contributed by atoms with van der Waals surface area (Å²) in [6.45, 7) is -0.363. The first kappa shape index (κ1) is 14.2. The number of hydrogen-bond acceptors (Lipinski definition) is 3. The Hall–Kier alpha value is -1.89. The third-order valence-corrected chi connectivity index (χ3v) is 3.84. The summed E-state index contributed by atoms with van der Waals surface area (Å²) in [6, 6.07) is 7.57. The third-order valence-electron chi connectivity index (χ3n) is 2.10. The van der Waals surface area contributed by atoms with E-state index in [1.165, 1.54) is 12.1 Å². The van der Waals surface area contributed by atoms with Crippen LogP contribution in [0, 0.1) is 0 Å². The molecule has 0 saturated heterocycles. The number of halogens is 1. The average molecular weight is 273 g/mol. The van der Waals surface area contributed by atoms with E-state index in [0.29, 0.717) is 0 Å². The molecule has 0 aromatic heterocycles. The molecule has 0 heterocycles. The quantitative estimate of drug-likeness (QED) is 0.853. The molecule has 0 aliphatic rings. The van der Waals surface area contributed by atoms with Gasteiger partial charge in [-0.2, -0.15) is 0 Å². The van der Waals surface area contributed by atoms with Crippen LogP contribution in [0.5, 0.6) is 0 Å². The van der Waals surface area contributed by atoms with Crippen molar-refractivity contribution in [3.8, 4) is 0 Å². The van der Waals surface area contributed by atoms with Crippen LogP contribution in [0.3, 0.4) is 0 Å². The molecular weight excluding hydrogens is 261 g/mol. The first-order valence-electron chi connectivity index (χ1n) is 4.98. The van der Waals surface area contributed by atoms with Crippen LogP contribution in [0.25, 0.3) is 0 Å². The fourth-order valence-electron chi connectivity index (χ4n) is 1.27. The molecule has 0 spiro atoms. The van der Waals surface area contributed by atoms with Crippen LogP contribution in [0.1, 0.15) is 0 Å². The van der Waals surface area contributed by atoms with Crippen LogP contribution >= 0.6 is 0 Å². The Morgan fingerprint density at radius 2 is 1.94 bits per heavy atom. The van der Waals surface area contributed by atoms with Gasteiger partial charge in [0.1, 0.15) is 0 Å². The molecule has 0 saturated carbocycles. The molecule has 98 valence electrons. The Kier molecular flexibility index (Phi) is 4.85. The Bertz CT molecular complexity index is 539. The third kappa shape index (κ3) is 4.17. The Balaban J connectivity index is 2.79. The van der Waals surface area contributed by atoms with Gasteiger partial charge in [0, 0.05) is 6.54 Å². The van der Waals surface area contributed by atoms with Crippen LogP contribution in [0.4, 0.5) is 9.18 Å². The van der Waals surface area contributed by atoms with Crippen LogP contribution in [0.15, 0.2) is 47.1 Å². The Morgan fingerprint density at radius 1 is 1.33 bits per heavy atom. The van der Waals surface area contributed by atoms with Crippen molar-refractivity contribution in [1.29, 1.82) is 0 Å². The van der Waals surface area contributed by atoms with Crippen molar-refractivity contribution in [3.63, 3.8) is 0 Å². The van der Waals surface area contributed by atoms with Gasteiger partial charge in [0.2, 0.25) is 0 Å². The smallest absolute Gasteiger partial charge is 0.404 e. The van der Waals surface area contributed by atoms with Crippen molar-refractivity contribution < 1.29 is 22.7 Å². The maximum absolute atomic E-state index is 12.5. The summed E-state index contributed by atoms with van der Waals surface area (Å²) in [6.07, 6.45) is -1.23. The molecule has 0 radical (unpaired) electrons. The first-order valence-corrected chi connectivity index (χ1v) is 6.63. The van der Waals surface area contributed by atoms with Crippen molar-refractivity contribution in [3.05, 3.63) is 42.2 Å². The number of sulfone groups is 1. The summed E-state index contributed by atoms with van der Waals surface area (Å²) < 4.78 is 36.2. The van der Waals surface area contributed by atoms with E-state index in [0.717, 1.165) is 0 Å². The van der Waals surface area contributed by atoms with E-state index in [9.17, 15) is 17.6 Å². The second kappa shape index (κ2) is 6.15. The van der Waals surface area contributed by atoms with Crippen molar-refractivity contribution in [2.75, 3.05) is 12.3 Å². The predicted octanol–water partition coefficient (Wildman–Crippen LogP) is 1.58. The van der Waals surface area contributed by atoms with Gasteiger partial charge in [-0.15, -0.1) is 0 Å². The SMILES string of the molecule is O=C(O)NCC(=CF)CS(=O)(=O)c1ccccc1. The predicted molar refractivity (Wildman–Crippen MR) is 63.7 cm³/mol. The molecule has 7 heteroatoms. The van der Waals surface area contributed by atoms with Gasteiger partial charge < -0.3 is 10.4 Å². The highest BCUT2D eigenvalue weighted by atomic mass is 32.2. The zero-order valence-corrected chi connectivity index (χ0v) is 10.2. The zero-order valence-electron chi connectivity index (χ0n) is 9.34. The summed E-state index contributed by atoms with van der Waals surface area (Å²) in [5.74, 6) is -0.562. The second-order valence-corrected chi connectivity index (χ2v) is 5.49. The summed E-state index contributed by atoms with van der Waals surface area (Å²) in [4.78, 5) is 10.3. The maximum atomic E-state index is 12.5. The van der Waals surface area contributed by atoms with Gasteiger partial charge >= 0.3 is 6.09 Å². The van der Waals surface area contributed by atoms with E-state index in [1.54, 1.807) is 18.2 Å². The van der Waals surface area contributed by atoms with E-state index < -0.39 is 21.7 Å². The number of benzene rings is 1. The number of nitrogens with one attached hydrogen (secondary N) is 1. The minimum absolute atomic E-state index is 0.0691. The van der Waals surface area contributed by atoms with E-state index in [4.69, 9.17) is 5.11 Å². The summed E-state index contributed by atoms with van der Waals surface area (Å²) >= 11 is 0. The number of hydrogen-bond donors (Lipinski definition) is 2. The molecule has 2 N–H and O–H groups in total. The molecule has 5 nitrogen and oxygen atoms in total. The summed E-state index contributed by atoms with van der Waals surface area (Å²) in [5.41, 5.74) is -0.152. The highest BCUT2D eigenvalue weighted by Gasteiger charge is 2.16. The van der Waals surface area contributed by atoms with Crippen molar-refractivity contribution >= 4 is 15.9 Å². The van der Waals surface area contributed by atoms with E-state index >= 15 is 0 Å². The zero-order chi connectivity index (χ0) is 13.6. The van der Waals surface area contributed by atoms with Crippen molar-refractivity contribution in [1.82, 2.24) is 5.32 Å². The first-order chi connectivity index (χ1) is 8.45. The van der Waals surface area contributed by atoms with Gasteiger partial charge in [-0.25, -0.2) is 17.6 Å². The number of carboxylic acid groups (broad SMARTS) is 1. The molecule has 0 atom stereocenters. The van der Waals surface area contributed by atoms with Gasteiger partial charge in [0.25, 0.3) is 0 Å².